The zero-order chi connectivity index (χ0) is 47.3. The lowest BCUT2D eigenvalue weighted by Crippen LogP contribution is -2.34. The minimum atomic E-state index is -0.148. The van der Waals surface area contributed by atoms with Crippen LogP contribution in [-0.2, 0) is 34.5 Å². The molecule has 2 heteroatoms. The summed E-state index contributed by atoms with van der Waals surface area (Å²) in [5, 5.41) is 0. The van der Waals surface area contributed by atoms with Crippen molar-refractivity contribution in [1.82, 2.24) is 0 Å². The summed E-state index contributed by atoms with van der Waals surface area (Å²) < 4.78 is 0. The summed E-state index contributed by atoms with van der Waals surface area (Å²) in [6.07, 6.45) is 14.2. The van der Waals surface area contributed by atoms with E-state index in [0.717, 1.165) is 12.8 Å². The lowest BCUT2D eigenvalue weighted by molar-refractivity contribution is 0.392. The number of fused-ring (bicyclic) bond motifs is 13. The SMILES string of the molecule is CC1(C)c2ccccc2N(C2=CC3C(C=C2)c2ccc(/C=C/c4ccc5c(c4)C4(Cc6ccccc6C4)c4cc(N6c7ccccc7C(C)(C)c7ccccc76)ccc4-5)cc2C3(C)C)c2ccccc21. The van der Waals surface area contributed by atoms with Gasteiger partial charge in [-0.3, -0.25) is 0 Å². The fourth-order valence-electron chi connectivity index (χ4n) is 14.3. The zero-order valence-corrected chi connectivity index (χ0v) is 41.1. The second-order valence-corrected chi connectivity index (χ2v) is 22.6. The molecule has 14 rings (SSSR count). The summed E-state index contributed by atoms with van der Waals surface area (Å²) in [5.74, 6) is 0.683. The first-order valence-corrected chi connectivity index (χ1v) is 25.5. The van der Waals surface area contributed by atoms with Crippen LogP contribution in [-0.4, -0.2) is 0 Å². The minimum Gasteiger partial charge on any atom is -0.310 e. The number of para-hydroxylation sites is 4. The second-order valence-electron chi connectivity index (χ2n) is 22.6. The third-order valence-corrected chi connectivity index (χ3v) is 17.9. The first kappa shape index (κ1) is 41.5. The molecule has 1 spiro atoms. The van der Waals surface area contributed by atoms with Gasteiger partial charge < -0.3 is 9.80 Å². The van der Waals surface area contributed by atoms with Crippen molar-refractivity contribution in [3.05, 3.63) is 267 Å². The van der Waals surface area contributed by atoms with Crippen LogP contribution >= 0.6 is 0 Å². The second kappa shape index (κ2) is 14.6. The van der Waals surface area contributed by atoms with E-state index < -0.39 is 0 Å². The number of allylic oxidation sites excluding steroid dienone is 3. The Hall–Kier alpha value is -7.42. The van der Waals surface area contributed by atoms with Gasteiger partial charge in [0.1, 0.15) is 0 Å². The Morgan fingerprint density at radius 3 is 1.46 bits per heavy atom. The molecule has 2 atom stereocenters. The fourth-order valence-corrected chi connectivity index (χ4v) is 14.3. The molecule has 8 aromatic carbocycles. The summed E-state index contributed by atoms with van der Waals surface area (Å²) in [6, 6.07) is 67.0. The molecule has 2 heterocycles. The molecule has 70 heavy (non-hydrogen) atoms. The maximum atomic E-state index is 2.58. The Balaban J connectivity index is 0.807. The van der Waals surface area contributed by atoms with Crippen molar-refractivity contribution in [2.75, 3.05) is 9.80 Å². The van der Waals surface area contributed by atoms with Crippen molar-refractivity contribution in [1.29, 1.82) is 0 Å². The van der Waals surface area contributed by atoms with Crippen LogP contribution in [0.15, 0.2) is 200 Å². The molecule has 0 saturated carbocycles. The number of hydrogen-bond donors (Lipinski definition) is 0. The largest absolute Gasteiger partial charge is 0.310 e. The molecule has 6 aliphatic rings. The summed E-state index contributed by atoms with van der Waals surface area (Å²) in [7, 11) is 0. The summed E-state index contributed by atoms with van der Waals surface area (Å²) >= 11 is 0. The van der Waals surface area contributed by atoms with Gasteiger partial charge >= 0.3 is 0 Å². The van der Waals surface area contributed by atoms with Gasteiger partial charge in [-0.25, -0.2) is 0 Å². The highest BCUT2D eigenvalue weighted by Gasteiger charge is 2.49. The van der Waals surface area contributed by atoms with Gasteiger partial charge in [-0.15, -0.1) is 0 Å². The molecular formula is C68H58N2. The summed E-state index contributed by atoms with van der Waals surface area (Å²) in [4.78, 5) is 5.04. The normalized spacial score (nSPS) is 20.4. The van der Waals surface area contributed by atoms with Gasteiger partial charge in [0.15, 0.2) is 0 Å². The summed E-state index contributed by atoms with van der Waals surface area (Å²) in [6.45, 7) is 14.4. The Morgan fingerprint density at radius 2 is 0.900 bits per heavy atom. The topological polar surface area (TPSA) is 6.48 Å². The van der Waals surface area contributed by atoms with Gasteiger partial charge in [-0.05, 0) is 145 Å². The predicted octanol–water partition coefficient (Wildman–Crippen LogP) is 17.0. The van der Waals surface area contributed by atoms with E-state index in [4.69, 9.17) is 0 Å². The third-order valence-electron chi connectivity index (χ3n) is 17.9. The van der Waals surface area contributed by atoms with E-state index >= 15 is 0 Å². The molecule has 0 bridgehead atoms. The van der Waals surface area contributed by atoms with E-state index in [-0.39, 0.29) is 21.7 Å². The molecule has 2 nitrogen and oxygen atoms in total. The van der Waals surface area contributed by atoms with Crippen molar-refractivity contribution in [2.45, 2.75) is 82.0 Å². The number of hydrogen-bond acceptors (Lipinski definition) is 2. The van der Waals surface area contributed by atoms with Gasteiger partial charge in [-0.2, -0.15) is 0 Å². The van der Waals surface area contributed by atoms with Crippen molar-refractivity contribution in [3.63, 3.8) is 0 Å². The van der Waals surface area contributed by atoms with Gasteiger partial charge in [0.25, 0.3) is 0 Å². The van der Waals surface area contributed by atoms with E-state index in [1.807, 2.05) is 0 Å². The standard InChI is InChI=1S/C68H58N2/c1-65(2)53-19-9-13-23-61(53)69(62-24-14-10-20-54(62)65)47-31-35-50-49-33-29-43(37-57(49)67(5,6)58(50)39-47)27-28-44-30-34-51-52-36-32-48(40-60(52)68(59(51)38-44)41-45-17-7-8-18-46(45)42-68)70-63-25-15-11-21-55(63)66(3,4)56-22-12-16-26-64(56)70/h7-40,50,58H,41-42H2,1-6H3/b28-27+. The molecule has 0 radical (unpaired) electrons. The van der Waals surface area contributed by atoms with Crippen LogP contribution in [0, 0.1) is 5.92 Å². The van der Waals surface area contributed by atoms with E-state index in [2.05, 4.69) is 258 Å². The van der Waals surface area contributed by atoms with Crippen LogP contribution in [0.3, 0.4) is 0 Å². The highest BCUT2D eigenvalue weighted by atomic mass is 15.2. The minimum absolute atomic E-state index is 0.0510. The average molecular weight is 903 g/mol. The van der Waals surface area contributed by atoms with Gasteiger partial charge in [0.05, 0.1) is 22.7 Å². The molecule has 0 fully saturated rings. The molecule has 340 valence electrons. The molecule has 2 aliphatic heterocycles. The first-order chi connectivity index (χ1) is 33.9. The number of nitrogens with zero attached hydrogens (tertiary/aromatic N) is 2. The maximum Gasteiger partial charge on any atom is 0.0502 e. The van der Waals surface area contributed by atoms with E-state index in [0.29, 0.717) is 11.8 Å². The average Bonchev–Trinajstić information content (AvgIpc) is 3.98. The van der Waals surface area contributed by atoms with Crippen molar-refractivity contribution in [3.8, 4) is 11.1 Å². The van der Waals surface area contributed by atoms with Crippen LogP contribution in [0.25, 0.3) is 23.3 Å². The van der Waals surface area contributed by atoms with Crippen LogP contribution in [0.5, 0.6) is 0 Å². The van der Waals surface area contributed by atoms with Crippen LogP contribution in [0.1, 0.15) is 114 Å². The highest BCUT2D eigenvalue weighted by molar-refractivity contribution is 5.91. The first-order valence-electron chi connectivity index (χ1n) is 25.5. The maximum absolute atomic E-state index is 2.58. The number of rotatable bonds is 4. The molecule has 0 aromatic heterocycles. The molecular weight excluding hydrogens is 845 g/mol. The third kappa shape index (κ3) is 5.68. The van der Waals surface area contributed by atoms with Gasteiger partial charge in [0.2, 0.25) is 0 Å². The highest BCUT2D eigenvalue weighted by Crippen LogP contribution is 2.60. The molecule has 4 aliphatic carbocycles. The van der Waals surface area contributed by atoms with E-state index in [9.17, 15) is 0 Å². The zero-order valence-electron chi connectivity index (χ0n) is 41.1. The molecule has 8 aromatic rings. The molecule has 0 saturated heterocycles. The van der Waals surface area contributed by atoms with Gasteiger partial charge in [0, 0.05) is 33.5 Å². The Bertz CT molecular complexity index is 3500. The van der Waals surface area contributed by atoms with Crippen LogP contribution < -0.4 is 9.80 Å². The van der Waals surface area contributed by atoms with Crippen LogP contribution in [0.4, 0.5) is 28.4 Å². The van der Waals surface area contributed by atoms with Crippen LogP contribution in [0.2, 0.25) is 0 Å². The van der Waals surface area contributed by atoms with E-state index in [1.54, 1.807) is 0 Å². The smallest absolute Gasteiger partial charge is 0.0502 e. The van der Waals surface area contributed by atoms with Crippen molar-refractivity contribution in [2.24, 2.45) is 5.92 Å². The Morgan fingerprint density at radius 1 is 0.443 bits per heavy atom. The Labute approximate surface area is 414 Å². The van der Waals surface area contributed by atoms with Crippen molar-refractivity contribution >= 4 is 40.6 Å². The lowest BCUT2D eigenvalue weighted by atomic mass is 9.72. The fraction of sp³-hybridized carbons (Fsp3) is 0.206. The lowest BCUT2D eigenvalue weighted by Gasteiger charge is -2.43. The van der Waals surface area contributed by atoms with Gasteiger partial charge in [-0.1, -0.05) is 205 Å². The monoisotopic (exact) mass is 902 g/mol. The molecule has 0 N–H and O–H groups in total. The molecule has 0 amide bonds. The van der Waals surface area contributed by atoms with Crippen molar-refractivity contribution < 1.29 is 0 Å². The quantitative estimate of drug-likeness (QED) is 0.162. The Kier molecular flexibility index (Phi) is 8.64. The summed E-state index contributed by atoms with van der Waals surface area (Å²) in [5.41, 5.74) is 26.7. The number of anilines is 5. The number of benzene rings is 8. The predicted molar refractivity (Wildman–Crippen MR) is 292 cm³/mol. The molecule has 2 unspecified atom stereocenters. The van der Waals surface area contributed by atoms with E-state index in [1.165, 1.54) is 112 Å².